The zero-order valence-electron chi connectivity index (χ0n) is 8.51. The van der Waals surface area contributed by atoms with E-state index in [2.05, 4.69) is 6.58 Å². The molecule has 0 aromatic rings. The van der Waals surface area contributed by atoms with Crippen LogP contribution >= 0.6 is 19.4 Å². The maximum atomic E-state index is 10.9. The molecule has 0 aliphatic heterocycles. The van der Waals surface area contributed by atoms with Crippen LogP contribution in [-0.4, -0.2) is 40.0 Å². The molecule has 5 nitrogen and oxygen atoms in total. The molecule has 0 rings (SSSR count). The quantitative estimate of drug-likeness (QED) is 0.305. The second kappa shape index (κ2) is 7.06. The number of thioether (sulfide) groups is 1. The van der Waals surface area contributed by atoms with Gasteiger partial charge in [-0.1, -0.05) is 6.58 Å². The number of ether oxygens (including phenoxy) is 1. The number of hydrogen-bond acceptors (Lipinski definition) is 4. The van der Waals surface area contributed by atoms with Crippen molar-refractivity contribution in [2.75, 3.05) is 24.3 Å². The molecule has 0 aromatic carbocycles. The summed E-state index contributed by atoms with van der Waals surface area (Å²) in [6.45, 7) is 5.21. The highest BCUT2D eigenvalue weighted by Crippen LogP contribution is 2.34. The fourth-order valence-corrected chi connectivity index (χ4v) is 2.48. The summed E-state index contributed by atoms with van der Waals surface area (Å²) in [6.07, 6.45) is -0.147. The van der Waals surface area contributed by atoms with Crippen LogP contribution in [0.15, 0.2) is 12.2 Å². The first-order valence-corrected chi connectivity index (χ1v) is 7.23. The Morgan fingerprint density at radius 1 is 1.47 bits per heavy atom. The first kappa shape index (κ1) is 14.7. The molecule has 0 bridgehead atoms. The first-order valence-electron chi connectivity index (χ1n) is 4.28. The zero-order valence-corrected chi connectivity index (χ0v) is 10.2. The third-order valence-electron chi connectivity index (χ3n) is 1.34. The van der Waals surface area contributed by atoms with Gasteiger partial charge in [0.2, 0.25) is 0 Å². The fourth-order valence-electron chi connectivity index (χ4n) is 0.602. The van der Waals surface area contributed by atoms with E-state index >= 15 is 0 Å². The minimum Gasteiger partial charge on any atom is -0.461 e. The minimum absolute atomic E-state index is 0.147. The van der Waals surface area contributed by atoms with Crippen LogP contribution in [0, 0.1) is 0 Å². The van der Waals surface area contributed by atoms with Crippen LogP contribution < -0.4 is 0 Å². The molecule has 0 radical (unpaired) electrons. The molecular formula is C8H15O5PS. The Bertz CT molecular complexity index is 272. The Labute approximate surface area is 93.1 Å². The molecule has 0 aliphatic carbocycles. The smallest absolute Gasteiger partial charge is 0.333 e. The van der Waals surface area contributed by atoms with Crippen LogP contribution in [0.1, 0.15) is 6.92 Å². The highest BCUT2D eigenvalue weighted by Gasteiger charge is 2.11. The van der Waals surface area contributed by atoms with Gasteiger partial charge in [0.25, 0.3) is 0 Å². The predicted molar refractivity (Wildman–Crippen MR) is 60.0 cm³/mol. The van der Waals surface area contributed by atoms with Crippen LogP contribution in [0.5, 0.6) is 0 Å². The Kier molecular flexibility index (Phi) is 6.92. The monoisotopic (exact) mass is 254 g/mol. The van der Waals surface area contributed by atoms with E-state index < -0.39 is 13.6 Å². The van der Waals surface area contributed by atoms with Crippen molar-refractivity contribution in [1.82, 2.24) is 0 Å². The molecule has 0 heterocycles. The molecule has 7 heteroatoms. The maximum absolute atomic E-state index is 10.9. The molecule has 0 aromatic heterocycles. The third kappa shape index (κ3) is 10.0. The number of rotatable bonds is 7. The van der Waals surface area contributed by atoms with E-state index in [4.69, 9.17) is 14.5 Å². The van der Waals surface area contributed by atoms with Crippen molar-refractivity contribution in [3.63, 3.8) is 0 Å². The maximum Gasteiger partial charge on any atom is 0.333 e. The molecular weight excluding hydrogens is 239 g/mol. The lowest BCUT2D eigenvalue weighted by atomic mass is 10.4. The second-order valence-corrected chi connectivity index (χ2v) is 5.92. The van der Waals surface area contributed by atoms with E-state index in [1.54, 1.807) is 6.92 Å². The molecule has 0 amide bonds. The molecule has 88 valence electrons. The van der Waals surface area contributed by atoms with Crippen molar-refractivity contribution in [2.24, 2.45) is 0 Å². The van der Waals surface area contributed by atoms with Crippen molar-refractivity contribution >= 4 is 25.3 Å². The number of carbonyl (C=O) groups excluding carboxylic acids is 1. The molecule has 0 atom stereocenters. The van der Waals surface area contributed by atoms with Gasteiger partial charge in [-0.2, -0.15) is 11.8 Å². The third-order valence-corrected chi connectivity index (χ3v) is 3.39. The second-order valence-electron chi connectivity index (χ2n) is 2.92. The average molecular weight is 254 g/mol. The largest absolute Gasteiger partial charge is 0.461 e. The molecule has 0 saturated carbocycles. The van der Waals surface area contributed by atoms with Gasteiger partial charge in [-0.25, -0.2) is 4.79 Å². The molecule has 0 aliphatic rings. The lowest BCUT2D eigenvalue weighted by Crippen LogP contribution is -2.08. The highest BCUT2D eigenvalue weighted by atomic mass is 32.2. The van der Waals surface area contributed by atoms with Gasteiger partial charge in [-0.05, 0) is 6.92 Å². The Balaban J connectivity index is 3.37. The van der Waals surface area contributed by atoms with Crippen LogP contribution in [0.2, 0.25) is 0 Å². The van der Waals surface area contributed by atoms with Gasteiger partial charge in [-0.15, -0.1) is 0 Å². The molecule has 0 saturated heterocycles. The van der Waals surface area contributed by atoms with Gasteiger partial charge in [0, 0.05) is 17.1 Å². The summed E-state index contributed by atoms with van der Waals surface area (Å²) in [6, 6.07) is 0. The van der Waals surface area contributed by atoms with Gasteiger partial charge in [0.05, 0.1) is 6.16 Å². The van der Waals surface area contributed by atoms with Gasteiger partial charge < -0.3 is 14.5 Å². The van der Waals surface area contributed by atoms with E-state index in [0.717, 1.165) is 0 Å². The van der Waals surface area contributed by atoms with Gasteiger partial charge in [0.1, 0.15) is 6.61 Å². The minimum atomic E-state index is -3.89. The fraction of sp³-hybridized carbons (Fsp3) is 0.625. The summed E-state index contributed by atoms with van der Waals surface area (Å²) in [7, 11) is -3.89. The Morgan fingerprint density at radius 3 is 2.53 bits per heavy atom. The van der Waals surface area contributed by atoms with E-state index in [9.17, 15) is 9.36 Å². The summed E-state index contributed by atoms with van der Waals surface area (Å²) in [5, 5.41) is 0. The number of hydrogen-bond donors (Lipinski definition) is 2. The van der Waals surface area contributed by atoms with Gasteiger partial charge >= 0.3 is 13.6 Å². The molecule has 0 unspecified atom stereocenters. The highest BCUT2D eigenvalue weighted by molar-refractivity contribution is 7.99. The average Bonchev–Trinajstić information content (AvgIpc) is 2.08. The molecule has 0 spiro atoms. The lowest BCUT2D eigenvalue weighted by Gasteiger charge is -2.05. The van der Waals surface area contributed by atoms with Crippen molar-refractivity contribution in [3.8, 4) is 0 Å². The van der Waals surface area contributed by atoms with Gasteiger partial charge in [0.15, 0.2) is 0 Å². The normalized spacial score (nSPS) is 11.1. The summed E-state index contributed by atoms with van der Waals surface area (Å²) < 4.78 is 15.2. The molecule has 0 fully saturated rings. The Morgan fingerprint density at radius 2 is 2.07 bits per heavy atom. The van der Waals surface area contributed by atoms with Crippen molar-refractivity contribution < 1.29 is 23.9 Å². The summed E-state index contributed by atoms with van der Waals surface area (Å²) in [5.41, 5.74) is 0.343. The molecule has 15 heavy (non-hydrogen) atoms. The van der Waals surface area contributed by atoms with Crippen LogP contribution in [-0.2, 0) is 14.1 Å². The lowest BCUT2D eigenvalue weighted by molar-refractivity contribution is -0.138. The first-order chi connectivity index (χ1) is 6.83. The van der Waals surface area contributed by atoms with E-state index in [-0.39, 0.29) is 12.8 Å². The van der Waals surface area contributed by atoms with Crippen LogP contribution in [0.4, 0.5) is 0 Å². The zero-order chi connectivity index (χ0) is 11.9. The molecule has 2 N–H and O–H groups in total. The standard InChI is InChI=1S/C8H15O5PS/c1-7(2)8(9)13-3-5-15-6-4-14(10,11)12/h1,3-6H2,2H3,(H2,10,11,12). The van der Waals surface area contributed by atoms with E-state index in [1.165, 1.54) is 11.8 Å². The number of carbonyl (C=O) groups is 1. The van der Waals surface area contributed by atoms with E-state index in [0.29, 0.717) is 17.1 Å². The van der Waals surface area contributed by atoms with Crippen molar-refractivity contribution in [2.45, 2.75) is 6.92 Å². The summed E-state index contributed by atoms with van der Waals surface area (Å²) >= 11 is 1.33. The van der Waals surface area contributed by atoms with Crippen molar-refractivity contribution in [1.29, 1.82) is 0 Å². The van der Waals surface area contributed by atoms with Crippen molar-refractivity contribution in [3.05, 3.63) is 12.2 Å². The predicted octanol–water partition coefficient (Wildman–Crippen LogP) is 1.02. The Hall–Kier alpha value is -0.290. The summed E-state index contributed by atoms with van der Waals surface area (Å²) in [4.78, 5) is 28.0. The number of esters is 1. The SMILES string of the molecule is C=C(C)C(=O)OCCSCCP(=O)(O)O. The van der Waals surface area contributed by atoms with Crippen LogP contribution in [0.3, 0.4) is 0 Å². The van der Waals surface area contributed by atoms with Gasteiger partial charge in [-0.3, -0.25) is 4.57 Å². The van der Waals surface area contributed by atoms with E-state index in [1.807, 2.05) is 0 Å². The summed E-state index contributed by atoms with van der Waals surface area (Å²) in [5.74, 6) is 0.444. The van der Waals surface area contributed by atoms with Crippen LogP contribution in [0.25, 0.3) is 0 Å². The topological polar surface area (TPSA) is 83.8 Å².